The summed E-state index contributed by atoms with van der Waals surface area (Å²) in [5, 5.41) is 2.79. The molecule has 0 aromatic heterocycles. The summed E-state index contributed by atoms with van der Waals surface area (Å²) in [7, 11) is -1.00. The zero-order valence-corrected chi connectivity index (χ0v) is 20.8. The monoisotopic (exact) mass is 496 g/mol. The van der Waals surface area contributed by atoms with Crippen LogP contribution in [0.1, 0.15) is 34.5 Å². The molecular formula is C26H28N2O6S. The molecule has 3 rings (SSSR count). The van der Waals surface area contributed by atoms with Crippen molar-refractivity contribution >= 4 is 27.6 Å². The van der Waals surface area contributed by atoms with Crippen LogP contribution in [0.3, 0.4) is 0 Å². The molecular weight excluding hydrogens is 468 g/mol. The second-order valence-electron chi connectivity index (χ2n) is 7.92. The van der Waals surface area contributed by atoms with Gasteiger partial charge in [0, 0.05) is 7.05 Å². The summed E-state index contributed by atoms with van der Waals surface area (Å²) >= 11 is 0. The summed E-state index contributed by atoms with van der Waals surface area (Å²) in [5.74, 6) is -0.661. The molecule has 3 aromatic rings. The van der Waals surface area contributed by atoms with Crippen LogP contribution >= 0.6 is 0 Å². The highest BCUT2D eigenvalue weighted by molar-refractivity contribution is 7.92. The first-order chi connectivity index (χ1) is 16.6. The van der Waals surface area contributed by atoms with Gasteiger partial charge in [-0.3, -0.25) is 9.10 Å². The van der Waals surface area contributed by atoms with Crippen LogP contribution in [0.5, 0.6) is 5.75 Å². The first kappa shape index (κ1) is 25.8. The van der Waals surface area contributed by atoms with Crippen molar-refractivity contribution in [1.82, 2.24) is 5.32 Å². The number of rotatable bonds is 9. The maximum absolute atomic E-state index is 13.1. The number of sulfonamides is 1. The van der Waals surface area contributed by atoms with Gasteiger partial charge < -0.3 is 14.8 Å². The fourth-order valence-electron chi connectivity index (χ4n) is 3.52. The van der Waals surface area contributed by atoms with Crippen molar-refractivity contribution in [2.75, 3.05) is 25.1 Å². The number of methoxy groups -OCH3 is 1. The number of esters is 1. The van der Waals surface area contributed by atoms with Gasteiger partial charge in [-0.2, -0.15) is 0 Å². The fourth-order valence-corrected chi connectivity index (χ4v) is 4.76. The molecule has 8 nitrogen and oxygen atoms in total. The van der Waals surface area contributed by atoms with E-state index < -0.39 is 28.5 Å². The lowest BCUT2D eigenvalue weighted by molar-refractivity contribution is -0.124. The average Bonchev–Trinajstić information content (AvgIpc) is 2.87. The normalized spacial score (nSPS) is 11.9. The van der Waals surface area contributed by atoms with E-state index in [2.05, 4.69) is 5.32 Å². The molecule has 1 N–H and O–H groups in total. The summed E-state index contributed by atoms with van der Waals surface area (Å²) in [4.78, 5) is 24.7. The van der Waals surface area contributed by atoms with E-state index in [-0.39, 0.29) is 16.5 Å². The molecule has 35 heavy (non-hydrogen) atoms. The third kappa shape index (κ3) is 6.19. The van der Waals surface area contributed by atoms with Crippen LogP contribution in [-0.4, -0.2) is 41.1 Å². The molecule has 9 heteroatoms. The van der Waals surface area contributed by atoms with E-state index in [0.29, 0.717) is 11.4 Å². The molecule has 184 valence electrons. The van der Waals surface area contributed by atoms with E-state index in [0.717, 1.165) is 15.4 Å². The molecule has 0 saturated heterocycles. The number of amides is 1. The number of anilines is 1. The highest BCUT2D eigenvalue weighted by atomic mass is 32.2. The maximum atomic E-state index is 13.1. The van der Waals surface area contributed by atoms with Crippen LogP contribution in [0.25, 0.3) is 0 Å². The quantitative estimate of drug-likeness (QED) is 0.452. The zero-order chi connectivity index (χ0) is 25.6. The summed E-state index contributed by atoms with van der Waals surface area (Å²) in [6, 6.07) is 19.5. The molecule has 0 aliphatic rings. The molecule has 0 saturated carbocycles. The molecule has 0 aliphatic heterocycles. The topological polar surface area (TPSA) is 102 Å². The van der Waals surface area contributed by atoms with Gasteiger partial charge in [-0.15, -0.1) is 0 Å². The zero-order valence-electron chi connectivity index (χ0n) is 20.0. The molecule has 0 heterocycles. The largest absolute Gasteiger partial charge is 0.497 e. The molecule has 1 unspecified atom stereocenters. The highest BCUT2D eigenvalue weighted by Gasteiger charge is 2.23. The van der Waals surface area contributed by atoms with E-state index in [1.807, 2.05) is 38.1 Å². The van der Waals surface area contributed by atoms with Gasteiger partial charge in [0.05, 0.1) is 29.3 Å². The van der Waals surface area contributed by atoms with Gasteiger partial charge >= 0.3 is 5.97 Å². The summed E-state index contributed by atoms with van der Waals surface area (Å²) in [5.41, 5.74) is 2.45. The number of carbonyl (C=O) groups is 2. The van der Waals surface area contributed by atoms with Crippen LogP contribution in [0.15, 0.2) is 77.7 Å². The Morgan fingerprint density at radius 1 is 1.00 bits per heavy atom. The van der Waals surface area contributed by atoms with E-state index in [1.54, 1.807) is 24.3 Å². The van der Waals surface area contributed by atoms with Gasteiger partial charge in [0.25, 0.3) is 15.9 Å². The van der Waals surface area contributed by atoms with Gasteiger partial charge in [-0.05, 0) is 67.4 Å². The minimum atomic E-state index is -3.94. The van der Waals surface area contributed by atoms with E-state index in [4.69, 9.17) is 9.47 Å². The third-order valence-electron chi connectivity index (χ3n) is 5.53. The average molecular weight is 497 g/mol. The number of aryl methyl sites for hydroxylation is 1. The Balaban J connectivity index is 1.65. The molecule has 1 atom stereocenters. The van der Waals surface area contributed by atoms with E-state index in [9.17, 15) is 18.0 Å². The number of nitrogens with one attached hydrogen (secondary N) is 1. The number of ether oxygens (including phenoxy) is 2. The molecule has 3 aromatic carbocycles. The van der Waals surface area contributed by atoms with Crippen molar-refractivity contribution in [3.8, 4) is 5.75 Å². The Bertz CT molecular complexity index is 1310. The van der Waals surface area contributed by atoms with Crippen molar-refractivity contribution in [1.29, 1.82) is 0 Å². The SMILES string of the molecule is COc1ccc(N(C)S(=O)(=O)c2cccc(C(=O)OCC(=O)NC(C)c3ccccc3C)c2)cc1. The van der Waals surface area contributed by atoms with E-state index in [1.165, 1.54) is 38.4 Å². The number of nitrogens with zero attached hydrogens (tertiary/aromatic N) is 1. The Morgan fingerprint density at radius 3 is 2.34 bits per heavy atom. The standard InChI is InChI=1S/C26H28N2O6S/c1-18-8-5-6-11-24(18)19(2)27-25(29)17-34-26(30)20-9-7-10-23(16-20)35(31,32)28(3)21-12-14-22(33-4)15-13-21/h5-16,19H,17H2,1-4H3,(H,27,29). The Labute approximate surface area is 205 Å². The summed E-state index contributed by atoms with van der Waals surface area (Å²) in [6.07, 6.45) is 0. The van der Waals surface area contributed by atoms with Gasteiger partial charge in [0.15, 0.2) is 6.61 Å². The van der Waals surface area contributed by atoms with Crippen molar-refractivity contribution in [3.63, 3.8) is 0 Å². The first-order valence-corrected chi connectivity index (χ1v) is 12.3. The highest BCUT2D eigenvalue weighted by Crippen LogP contribution is 2.25. The lowest BCUT2D eigenvalue weighted by atomic mass is 10.0. The van der Waals surface area contributed by atoms with Gasteiger partial charge in [-0.25, -0.2) is 13.2 Å². The molecule has 0 aliphatic carbocycles. The van der Waals surface area contributed by atoms with Crippen LogP contribution in [-0.2, 0) is 19.6 Å². The Morgan fingerprint density at radius 2 is 1.69 bits per heavy atom. The minimum absolute atomic E-state index is 0.0222. The summed E-state index contributed by atoms with van der Waals surface area (Å²) in [6.45, 7) is 3.30. The Kier molecular flexibility index (Phi) is 8.14. The Hall–Kier alpha value is -3.85. The summed E-state index contributed by atoms with van der Waals surface area (Å²) < 4.78 is 37.5. The van der Waals surface area contributed by atoms with Crippen molar-refractivity contribution in [2.24, 2.45) is 0 Å². The molecule has 0 spiro atoms. The second-order valence-corrected chi connectivity index (χ2v) is 9.89. The lowest BCUT2D eigenvalue weighted by Gasteiger charge is -2.20. The molecule has 0 fully saturated rings. The van der Waals surface area contributed by atoms with Gasteiger partial charge in [0.1, 0.15) is 5.75 Å². The lowest BCUT2D eigenvalue weighted by Crippen LogP contribution is -2.31. The molecule has 0 bridgehead atoms. The van der Waals surface area contributed by atoms with Crippen LogP contribution in [0.4, 0.5) is 5.69 Å². The van der Waals surface area contributed by atoms with Crippen molar-refractivity contribution < 1.29 is 27.5 Å². The van der Waals surface area contributed by atoms with Crippen LogP contribution < -0.4 is 14.4 Å². The van der Waals surface area contributed by atoms with Crippen molar-refractivity contribution in [2.45, 2.75) is 24.8 Å². The minimum Gasteiger partial charge on any atom is -0.497 e. The number of benzene rings is 3. The molecule has 1 amide bonds. The van der Waals surface area contributed by atoms with Gasteiger partial charge in [-0.1, -0.05) is 30.3 Å². The first-order valence-electron chi connectivity index (χ1n) is 10.9. The smallest absolute Gasteiger partial charge is 0.338 e. The van der Waals surface area contributed by atoms with Crippen LogP contribution in [0.2, 0.25) is 0 Å². The van der Waals surface area contributed by atoms with Crippen LogP contribution in [0, 0.1) is 6.92 Å². The predicted octanol–water partition coefficient (Wildman–Crippen LogP) is 3.86. The van der Waals surface area contributed by atoms with E-state index >= 15 is 0 Å². The fraction of sp³-hybridized carbons (Fsp3) is 0.231. The van der Waals surface area contributed by atoms with Crippen molar-refractivity contribution in [3.05, 3.63) is 89.5 Å². The second kappa shape index (κ2) is 11.1. The van der Waals surface area contributed by atoms with Gasteiger partial charge in [0.2, 0.25) is 0 Å². The third-order valence-corrected chi connectivity index (χ3v) is 7.31. The predicted molar refractivity (Wildman–Crippen MR) is 133 cm³/mol. The number of carbonyl (C=O) groups excluding carboxylic acids is 2. The number of hydrogen-bond acceptors (Lipinski definition) is 6. The maximum Gasteiger partial charge on any atom is 0.338 e. The number of hydrogen-bond donors (Lipinski definition) is 1. The molecule has 0 radical (unpaired) electrons.